The smallest absolute Gasteiger partial charge is 0.251 e. The summed E-state index contributed by atoms with van der Waals surface area (Å²) in [6.07, 6.45) is 0.642. The van der Waals surface area contributed by atoms with Crippen molar-refractivity contribution in [3.63, 3.8) is 0 Å². The topological polar surface area (TPSA) is 88.2 Å². The Labute approximate surface area is 140 Å². The number of hydrogen-bond acceptors (Lipinski definition) is 5. The van der Waals surface area contributed by atoms with Crippen molar-refractivity contribution in [3.05, 3.63) is 45.4 Å². The molecule has 0 fully saturated rings. The standard InChI is InChI=1S/C15H19N3O3S2/c1-10-4-5-13(23(20,21)16-3)8-14(10)15(19)17-7-6-12-9-22-11(2)18-12/h4-5,8-9,16H,6-7H2,1-3H3,(H,17,19). The molecule has 0 saturated carbocycles. The first kappa shape index (κ1) is 17.6. The van der Waals surface area contributed by atoms with Crippen LogP contribution >= 0.6 is 11.3 Å². The van der Waals surface area contributed by atoms with Crippen LogP contribution in [0, 0.1) is 13.8 Å². The zero-order chi connectivity index (χ0) is 17.0. The van der Waals surface area contributed by atoms with Crippen molar-refractivity contribution in [1.29, 1.82) is 0 Å². The first-order valence-electron chi connectivity index (χ1n) is 7.07. The average Bonchev–Trinajstić information content (AvgIpc) is 2.92. The van der Waals surface area contributed by atoms with Gasteiger partial charge in [-0.2, -0.15) is 0 Å². The van der Waals surface area contributed by atoms with Crippen LogP contribution in [-0.4, -0.2) is 32.9 Å². The SMILES string of the molecule is CNS(=O)(=O)c1ccc(C)c(C(=O)NCCc2csc(C)n2)c1. The monoisotopic (exact) mass is 353 g/mol. The highest BCUT2D eigenvalue weighted by atomic mass is 32.2. The number of hydrogen-bond donors (Lipinski definition) is 2. The Bertz CT molecular complexity index is 813. The fourth-order valence-corrected chi connectivity index (χ4v) is 3.46. The van der Waals surface area contributed by atoms with E-state index < -0.39 is 10.0 Å². The number of aryl methyl sites for hydroxylation is 2. The number of aromatic nitrogens is 1. The van der Waals surface area contributed by atoms with Gasteiger partial charge in [-0.3, -0.25) is 4.79 Å². The highest BCUT2D eigenvalue weighted by Gasteiger charge is 2.16. The molecule has 2 aromatic rings. The molecule has 1 heterocycles. The lowest BCUT2D eigenvalue weighted by Gasteiger charge is -2.09. The minimum Gasteiger partial charge on any atom is -0.352 e. The molecule has 0 spiro atoms. The molecule has 0 aliphatic rings. The van der Waals surface area contributed by atoms with Gasteiger partial charge in [0, 0.05) is 23.9 Å². The van der Waals surface area contributed by atoms with Gasteiger partial charge >= 0.3 is 0 Å². The second-order valence-corrected chi connectivity index (χ2v) is 8.00. The summed E-state index contributed by atoms with van der Waals surface area (Å²) in [5.74, 6) is -0.289. The van der Waals surface area contributed by atoms with Gasteiger partial charge in [-0.05, 0) is 38.6 Å². The van der Waals surface area contributed by atoms with E-state index in [0.717, 1.165) is 16.3 Å². The second-order valence-electron chi connectivity index (χ2n) is 5.05. The van der Waals surface area contributed by atoms with Crippen LogP contribution in [-0.2, 0) is 16.4 Å². The van der Waals surface area contributed by atoms with Crippen LogP contribution in [0.25, 0.3) is 0 Å². The van der Waals surface area contributed by atoms with E-state index in [0.29, 0.717) is 18.5 Å². The predicted octanol–water partition coefficient (Wildman–Crippen LogP) is 1.64. The summed E-state index contributed by atoms with van der Waals surface area (Å²) >= 11 is 1.57. The minimum absolute atomic E-state index is 0.0749. The molecule has 0 radical (unpaired) electrons. The molecule has 0 bridgehead atoms. The summed E-state index contributed by atoms with van der Waals surface area (Å²) in [6.45, 7) is 4.16. The first-order chi connectivity index (χ1) is 10.8. The summed E-state index contributed by atoms with van der Waals surface area (Å²) in [7, 11) is -2.23. The number of nitrogens with one attached hydrogen (secondary N) is 2. The second kappa shape index (κ2) is 7.20. The minimum atomic E-state index is -3.57. The number of amides is 1. The third kappa shape index (κ3) is 4.37. The molecule has 2 N–H and O–H groups in total. The Kier molecular flexibility index (Phi) is 5.51. The van der Waals surface area contributed by atoms with Crippen LogP contribution < -0.4 is 10.0 Å². The summed E-state index contributed by atoms with van der Waals surface area (Å²) in [5, 5.41) is 5.76. The van der Waals surface area contributed by atoms with Crippen molar-refractivity contribution in [1.82, 2.24) is 15.0 Å². The maximum Gasteiger partial charge on any atom is 0.251 e. The number of sulfonamides is 1. The highest BCUT2D eigenvalue weighted by Crippen LogP contribution is 2.15. The van der Waals surface area contributed by atoms with Crippen LogP contribution in [0.5, 0.6) is 0 Å². The van der Waals surface area contributed by atoms with Crippen LogP contribution in [0.1, 0.15) is 26.6 Å². The number of nitrogens with zero attached hydrogens (tertiary/aromatic N) is 1. The molecule has 6 nitrogen and oxygen atoms in total. The van der Waals surface area contributed by atoms with Gasteiger partial charge in [-0.25, -0.2) is 18.1 Å². The molecule has 0 aliphatic carbocycles. The molecule has 0 atom stereocenters. The van der Waals surface area contributed by atoms with E-state index in [9.17, 15) is 13.2 Å². The van der Waals surface area contributed by atoms with Crippen molar-refractivity contribution in [2.24, 2.45) is 0 Å². The number of benzene rings is 1. The molecule has 0 unspecified atom stereocenters. The summed E-state index contributed by atoms with van der Waals surface area (Å²) in [5.41, 5.74) is 2.02. The fraction of sp³-hybridized carbons (Fsp3) is 0.333. The van der Waals surface area contributed by atoms with Crippen LogP contribution in [0.15, 0.2) is 28.5 Å². The molecule has 0 saturated heterocycles. The van der Waals surface area contributed by atoms with Crippen molar-refractivity contribution in [3.8, 4) is 0 Å². The maximum atomic E-state index is 12.3. The molecule has 23 heavy (non-hydrogen) atoms. The Balaban J connectivity index is 2.08. The van der Waals surface area contributed by atoms with E-state index in [4.69, 9.17) is 0 Å². The third-order valence-corrected chi connectivity index (χ3v) is 5.60. The van der Waals surface area contributed by atoms with Crippen molar-refractivity contribution in [2.75, 3.05) is 13.6 Å². The van der Waals surface area contributed by atoms with Crippen LogP contribution in [0.3, 0.4) is 0 Å². The quantitative estimate of drug-likeness (QED) is 0.826. The summed E-state index contributed by atoms with van der Waals surface area (Å²) < 4.78 is 25.9. The lowest BCUT2D eigenvalue weighted by atomic mass is 10.1. The molecule has 1 amide bonds. The average molecular weight is 353 g/mol. The van der Waals surface area contributed by atoms with Gasteiger partial charge in [-0.15, -0.1) is 11.3 Å². The van der Waals surface area contributed by atoms with Crippen LogP contribution in [0.2, 0.25) is 0 Å². The van der Waals surface area contributed by atoms with E-state index in [1.165, 1.54) is 19.2 Å². The van der Waals surface area contributed by atoms with Crippen molar-refractivity contribution >= 4 is 27.3 Å². The van der Waals surface area contributed by atoms with Crippen LogP contribution in [0.4, 0.5) is 0 Å². The van der Waals surface area contributed by atoms with Gasteiger partial charge in [0.05, 0.1) is 15.6 Å². The zero-order valence-corrected chi connectivity index (χ0v) is 14.8. The van der Waals surface area contributed by atoms with E-state index in [2.05, 4.69) is 15.0 Å². The van der Waals surface area contributed by atoms with Gasteiger partial charge in [0.25, 0.3) is 5.91 Å². The van der Waals surface area contributed by atoms with E-state index >= 15 is 0 Å². The molecule has 2 rings (SSSR count). The van der Waals surface area contributed by atoms with Gasteiger partial charge in [0.1, 0.15) is 0 Å². The molecule has 0 aliphatic heterocycles. The lowest BCUT2D eigenvalue weighted by molar-refractivity contribution is 0.0953. The van der Waals surface area contributed by atoms with Crippen molar-refractivity contribution < 1.29 is 13.2 Å². The summed E-state index contributed by atoms with van der Waals surface area (Å²) in [6, 6.07) is 4.50. The van der Waals surface area contributed by atoms with E-state index in [1.54, 1.807) is 24.3 Å². The van der Waals surface area contributed by atoms with Crippen molar-refractivity contribution in [2.45, 2.75) is 25.2 Å². The maximum absolute atomic E-state index is 12.3. The van der Waals surface area contributed by atoms with E-state index in [-0.39, 0.29) is 10.8 Å². The molecule has 1 aromatic heterocycles. The molecular weight excluding hydrogens is 334 g/mol. The van der Waals surface area contributed by atoms with Gasteiger partial charge < -0.3 is 5.32 Å². The van der Waals surface area contributed by atoms with Gasteiger partial charge in [0.2, 0.25) is 10.0 Å². The first-order valence-corrected chi connectivity index (χ1v) is 9.43. The number of rotatable bonds is 6. The lowest BCUT2D eigenvalue weighted by Crippen LogP contribution is -2.27. The Hall–Kier alpha value is -1.77. The number of carbonyl (C=O) groups is 1. The Morgan fingerprint density at radius 2 is 2.04 bits per heavy atom. The Morgan fingerprint density at radius 1 is 1.30 bits per heavy atom. The summed E-state index contributed by atoms with van der Waals surface area (Å²) in [4.78, 5) is 16.7. The predicted molar refractivity (Wildman–Crippen MR) is 90.3 cm³/mol. The molecule has 1 aromatic carbocycles. The van der Waals surface area contributed by atoms with E-state index in [1.807, 2.05) is 12.3 Å². The Morgan fingerprint density at radius 3 is 2.65 bits per heavy atom. The zero-order valence-electron chi connectivity index (χ0n) is 13.2. The highest BCUT2D eigenvalue weighted by molar-refractivity contribution is 7.89. The number of carbonyl (C=O) groups excluding carboxylic acids is 1. The molecule has 8 heteroatoms. The van der Waals surface area contributed by atoms with Gasteiger partial charge in [-0.1, -0.05) is 6.07 Å². The normalized spacial score (nSPS) is 11.4. The fourth-order valence-electron chi connectivity index (χ4n) is 2.05. The third-order valence-electron chi connectivity index (χ3n) is 3.37. The van der Waals surface area contributed by atoms with Gasteiger partial charge in [0.15, 0.2) is 0 Å². The number of thiazole rings is 1. The largest absolute Gasteiger partial charge is 0.352 e. The molecule has 124 valence electrons. The molecular formula is C15H19N3O3S2.